The van der Waals surface area contributed by atoms with Crippen LogP contribution in [0.15, 0.2) is 29.2 Å². The third kappa shape index (κ3) is 4.95. The van der Waals surface area contributed by atoms with Crippen LogP contribution in [0.3, 0.4) is 0 Å². The number of carbonyl (C=O) groups is 1. The maximum absolute atomic E-state index is 12.7. The van der Waals surface area contributed by atoms with Crippen molar-refractivity contribution >= 4 is 31.9 Å². The van der Waals surface area contributed by atoms with Crippen LogP contribution >= 0.6 is 15.9 Å². The number of amides is 1. The second-order valence-electron chi connectivity index (χ2n) is 5.73. The van der Waals surface area contributed by atoms with Crippen LogP contribution in [0.4, 0.5) is 13.2 Å². The van der Waals surface area contributed by atoms with Gasteiger partial charge in [-0.15, -0.1) is 0 Å². The molecule has 0 bridgehead atoms. The smallest absolute Gasteiger partial charge is 0.272 e. The van der Waals surface area contributed by atoms with E-state index in [4.69, 9.17) is 0 Å². The summed E-state index contributed by atoms with van der Waals surface area (Å²) in [4.78, 5) is 12.1. The van der Waals surface area contributed by atoms with Gasteiger partial charge in [0.2, 0.25) is 0 Å². The highest BCUT2D eigenvalue weighted by Crippen LogP contribution is 2.31. The highest BCUT2D eigenvalue weighted by Gasteiger charge is 2.37. The van der Waals surface area contributed by atoms with Crippen LogP contribution in [0.25, 0.3) is 0 Å². The summed E-state index contributed by atoms with van der Waals surface area (Å²) < 4.78 is 62.8. The molecule has 0 aliphatic heterocycles. The van der Waals surface area contributed by atoms with Gasteiger partial charge in [0.1, 0.15) is 0 Å². The fraction of sp³-hybridized carbons (Fsp3) is 0.533. The minimum absolute atomic E-state index is 0.0340. The summed E-state index contributed by atoms with van der Waals surface area (Å²) in [6, 6.07) is 3.11. The Labute approximate surface area is 148 Å². The Bertz CT molecular complexity index is 679. The Morgan fingerprint density at radius 3 is 2.04 bits per heavy atom. The first-order chi connectivity index (χ1) is 10.8. The Morgan fingerprint density at radius 2 is 1.67 bits per heavy atom. The van der Waals surface area contributed by atoms with Gasteiger partial charge in [0.15, 0.2) is 0 Å². The molecule has 0 aliphatic carbocycles. The molecular formula is C15H19BrF3NO3S. The van der Waals surface area contributed by atoms with E-state index in [0.29, 0.717) is 29.3 Å². The lowest BCUT2D eigenvalue weighted by molar-refractivity contribution is -0.137. The van der Waals surface area contributed by atoms with E-state index in [1.54, 1.807) is 0 Å². The Kier molecular flexibility index (Phi) is 6.49. The van der Waals surface area contributed by atoms with Gasteiger partial charge in [-0.25, -0.2) is 12.7 Å². The Balaban J connectivity index is 3.27. The van der Waals surface area contributed by atoms with E-state index in [-0.39, 0.29) is 11.4 Å². The predicted octanol–water partition coefficient (Wildman–Crippen LogP) is 4.20. The first-order valence-electron chi connectivity index (χ1n) is 7.25. The molecule has 0 N–H and O–H groups in total. The molecule has 1 aromatic carbocycles. The van der Waals surface area contributed by atoms with Crippen molar-refractivity contribution in [1.29, 1.82) is 0 Å². The first kappa shape index (κ1) is 21.0. The molecule has 0 saturated carbocycles. The quantitative estimate of drug-likeness (QED) is 0.636. The van der Waals surface area contributed by atoms with Gasteiger partial charge >= 0.3 is 6.18 Å². The summed E-state index contributed by atoms with van der Waals surface area (Å²) in [7, 11) is -4.23. The maximum Gasteiger partial charge on any atom is 0.416 e. The molecule has 1 amide bonds. The fourth-order valence-electron chi connectivity index (χ4n) is 1.87. The average Bonchev–Trinajstić information content (AvgIpc) is 2.45. The van der Waals surface area contributed by atoms with Crippen LogP contribution in [0.2, 0.25) is 0 Å². The molecule has 0 saturated heterocycles. The van der Waals surface area contributed by atoms with E-state index < -0.39 is 32.0 Å². The van der Waals surface area contributed by atoms with Crippen molar-refractivity contribution in [3.05, 3.63) is 29.8 Å². The molecule has 0 radical (unpaired) electrons. The highest BCUT2D eigenvalue weighted by atomic mass is 79.9. The van der Waals surface area contributed by atoms with Gasteiger partial charge < -0.3 is 0 Å². The molecule has 9 heteroatoms. The number of sulfonamides is 1. The number of unbranched alkanes of at least 4 members (excludes halogenated alkanes) is 1. The van der Waals surface area contributed by atoms with Crippen LogP contribution in [0.1, 0.15) is 39.2 Å². The third-order valence-electron chi connectivity index (χ3n) is 3.22. The fourth-order valence-corrected chi connectivity index (χ4v) is 3.75. The SMILES string of the molecule is CCCCN(C(=O)C(C)(C)Br)S(=O)(=O)c1ccc(C(F)(F)F)cc1. The molecular weight excluding hydrogens is 411 g/mol. The Morgan fingerprint density at radius 1 is 1.17 bits per heavy atom. The summed E-state index contributed by atoms with van der Waals surface area (Å²) in [5.41, 5.74) is -0.950. The number of hydrogen-bond acceptors (Lipinski definition) is 3. The molecule has 1 rings (SSSR count). The van der Waals surface area contributed by atoms with Crippen LogP contribution < -0.4 is 0 Å². The molecule has 0 heterocycles. The number of alkyl halides is 4. The molecule has 0 atom stereocenters. The first-order valence-corrected chi connectivity index (χ1v) is 9.48. The average molecular weight is 430 g/mol. The third-order valence-corrected chi connectivity index (χ3v) is 5.36. The largest absolute Gasteiger partial charge is 0.416 e. The van der Waals surface area contributed by atoms with E-state index in [1.807, 2.05) is 6.92 Å². The van der Waals surface area contributed by atoms with E-state index >= 15 is 0 Å². The van der Waals surface area contributed by atoms with Crippen molar-refractivity contribution in [3.63, 3.8) is 0 Å². The standard InChI is InChI=1S/C15H19BrF3NO3S/c1-4-5-10-20(13(21)14(2,3)16)24(22,23)12-8-6-11(7-9-12)15(17,18)19/h6-9H,4-5,10H2,1-3H3. The zero-order chi connectivity index (χ0) is 18.8. The summed E-state index contributed by atoms with van der Waals surface area (Å²) in [5.74, 6) is -0.671. The second-order valence-corrected chi connectivity index (χ2v) is 9.58. The van der Waals surface area contributed by atoms with Gasteiger partial charge in [0.05, 0.1) is 14.8 Å². The number of hydrogen-bond donors (Lipinski definition) is 0. The van der Waals surface area contributed by atoms with E-state index in [9.17, 15) is 26.4 Å². The zero-order valence-corrected chi connectivity index (χ0v) is 15.9. The van der Waals surface area contributed by atoms with Crippen LogP contribution in [-0.4, -0.2) is 29.5 Å². The van der Waals surface area contributed by atoms with Crippen LogP contribution in [0.5, 0.6) is 0 Å². The lowest BCUT2D eigenvalue weighted by Gasteiger charge is -2.28. The van der Waals surface area contributed by atoms with Gasteiger partial charge in [-0.2, -0.15) is 13.2 Å². The van der Waals surface area contributed by atoms with Crippen molar-refractivity contribution in [2.24, 2.45) is 0 Å². The maximum atomic E-state index is 12.7. The monoisotopic (exact) mass is 429 g/mol. The minimum Gasteiger partial charge on any atom is -0.272 e. The summed E-state index contributed by atoms with van der Waals surface area (Å²) in [5, 5.41) is 0. The van der Waals surface area contributed by atoms with Gasteiger partial charge in [-0.1, -0.05) is 29.3 Å². The van der Waals surface area contributed by atoms with Crippen molar-refractivity contribution in [1.82, 2.24) is 4.31 Å². The number of benzene rings is 1. The lowest BCUT2D eigenvalue weighted by Crippen LogP contribution is -2.45. The molecule has 0 unspecified atom stereocenters. The number of rotatable bonds is 6. The highest BCUT2D eigenvalue weighted by molar-refractivity contribution is 9.10. The van der Waals surface area contributed by atoms with Crippen molar-refractivity contribution in [2.45, 2.75) is 49.0 Å². The molecule has 0 fully saturated rings. The van der Waals surface area contributed by atoms with Gasteiger partial charge in [-0.3, -0.25) is 4.79 Å². The van der Waals surface area contributed by atoms with Crippen molar-refractivity contribution in [2.75, 3.05) is 6.54 Å². The molecule has 0 spiro atoms. The predicted molar refractivity (Wildman–Crippen MR) is 88.3 cm³/mol. The minimum atomic E-state index is -4.56. The van der Waals surface area contributed by atoms with E-state index in [1.165, 1.54) is 13.8 Å². The van der Waals surface area contributed by atoms with Crippen LogP contribution in [0, 0.1) is 0 Å². The molecule has 0 aliphatic rings. The van der Waals surface area contributed by atoms with E-state index in [0.717, 1.165) is 12.1 Å². The molecule has 0 aromatic heterocycles. The second kappa shape index (κ2) is 7.43. The summed E-state index contributed by atoms with van der Waals surface area (Å²) in [6.45, 7) is 4.83. The molecule has 24 heavy (non-hydrogen) atoms. The normalized spacial score (nSPS) is 13.0. The van der Waals surface area contributed by atoms with Gasteiger partial charge in [0, 0.05) is 6.54 Å². The molecule has 136 valence electrons. The van der Waals surface area contributed by atoms with E-state index in [2.05, 4.69) is 15.9 Å². The number of carbonyl (C=O) groups excluding carboxylic acids is 1. The van der Waals surface area contributed by atoms with Crippen molar-refractivity contribution in [3.8, 4) is 0 Å². The zero-order valence-electron chi connectivity index (χ0n) is 13.5. The molecule has 4 nitrogen and oxygen atoms in total. The number of nitrogens with zero attached hydrogens (tertiary/aromatic N) is 1. The Hall–Kier alpha value is -1.09. The van der Waals surface area contributed by atoms with Gasteiger partial charge in [0.25, 0.3) is 15.9 Å². The summed E-state index contributed by atoms with van der Waals surface area (Å²) in [6.07, 6.45) is -3.44. The van der Waals surface area contributed by atoms with Gasteiger partial charge in [-0.05, 0) is 44.5 Å². The number of halogens is 4. The lowest BCUT2D eigenvalue weighted by atomic mass is 10.2. The molecule has 1 aromatic rings. The van der Waals surface area contributed by atoms with Crippen LogP contribution in [-0.2, 0) is 21.0 Å². The topological polar surface area (TPSA) is 54.5 Å². The van der Waals surface area contributed by atoms with Crippen molar-refractivity contribution < 1.29 is 26.4 Å². The summed E-state index contributed by atoms with van der Waals surface area (Å²) >= 11 is 3.13.